The van der Waals surface area contributed by atoms with Crippen LogP contribution in [0, 0.1) is 11.3 Å². The monoisotopic (exact) mass is 255 g/mol. The van der Waals surface area contributed by atoms with Gasteiger partial charge < -0.3 is 4.74 Å². The van der Waals surface area contributed by atoms with E-state index >= 15 is 0 Å². The van der Waals surface area contributed by atoms with Crippen LogP contribution in [0.15, 0.2) is 30.3 Å². The Balaban J connectivity index is 2.57. The van der Waals surface area contributed by atoms with Crippen molar-refractivity contribution in [1.29, 1.82) is 5.26 Å². The van der Waals surface area contributed by atoms with E-state index in [0.29, 0.717) is 12.3 Å². The third-order valence-electron chi connectivity index (χ3n) is 2.95. The first-order valence-corrected chi connectivity index (χ1v) is 6.26. The molecule has 0 saturated heterocycles. The summed E-state index contributed by atoms with van der Waals surface area (Å²) in [7, 11) is 1.65. The number of benzene rings is 1. The molecular formula is C15H17N3O. The van der Waals surface area contributed by atoms with Gasteiger partial charge in [0, 0.05) is 5.69 Å². The number of hydrogen-bond acceptors (Lipinski definition) is 3. The van der Waals surface area contributed by atoms with Gasteiger partial charge in [0.15, 0.2) is 0 Å². The van der Waals surface area contributed by atoms with Crippen molar-refractivity contribution in [3.8, 4) is 17.5 Å². The zero-order valence-electron chi connectivity index (χ0n) is 11.4. The maximum Gasteiger partial charge on any atom is 0.144 e. The Hall–Kier alpha value is -2.28. The second kappa shape index (κ2) is 5.57. The summed E-state index contributed by atoms with van der Waals surface area (Å²) >= 11 is 0. The van der Waals surface area contributed by atoms with Crippen molar-refractivity contribution in [2.75, 3.05) is 7.11 Å². The second-order valence-corrected chi connectivity index (χ2v) is 4.63. The van der Waals surface area contributed by atoms with Crippen LogP contribution in [0.1, 0.15) is 31.2 Å². The van der Waals surface area contributed by atoms with Crippen LogP contribution >= 0.6 is 0 Å². The van der Waals surface area contributed by atoms with Gasteiger partial charge in [0.2, 0.25) is 0 Å². The zero-order chi connectivity index (χ0) is 13.8. The van der Waals surface area contributed by atoms with Crippen LogP contribution in [0.4, 0.5) is 0 Å². The van der Waals surface area contributed by atoms with Gasteiger partial charge in [-0.1, -0.05) is 26.0 Å². The van der Waals surface area contributed by atoms with E-state index in [2.05, 4.69) is 25.0 Å². The van der Waals surface area contributed by atoms with Crippen LogP contribution in [0.2, 0.25) is 0 Å². The Kier molecular flexibility index (Phi) is 3.86. The van der Waals surface area contributed by atoms with Crippen LogP contribution in [-0.4, -0.2) is 16.9 Å². The highest BCUT2D eigenvalue weighted by Crippen LogP contribution is 2.26. The van der Waals surface area contributed by atoms with Gasteiger partial charge in [0.25, 0.3) is 0 Å². The second-order valence-electron chi connectivity index (χ2n) is 4.63. The molecule has 2 aromatic rings. The number of methoxy groups -OCH3 is 1. The summed E-state index contributed by atoms with van der Waals surface area (Å²) in [4.78, 5) is 0. The minimum Gasteiger partial charge on any atom is -0.494 e. The SMILES string of the molecule is COc1ccccc1-n1nc(CC#N)cc1C(C)C. The lowest BCUT2D eigenvalue weighted by atomic mass is 10.1. The quantitative estimate of drug-likeness (QED) is 0.843. The molecule has 0 unspecified atom stereocenters. The molecule has 0 N–H and O–H groups in total. The van der Waals surface area contributed by atoms with Gasteiger partial charge in [0.1, 0.15) is 11.4 Å². The largest absolute Gasteiger partial charge is 0.494 e. The van der Waals surface area contributed by atoms with Gasteiger partial charge in [-0.25, -0.2) is 4.68 Å². The number of aromatic nitrogens is 2. The van der Waals surface area contributed by atoms with E-state index in [-0.39, 0.29) is 0 Å². The molecule has 1 heterocycles. The smallest absolute Gasteiger partial charge is 0.144 e. The van der Waals surface area contributed by atoms with Gasteiger partial charge in [-0.3, -0.25) is 0 Å². The van der Waals surface area contributed by atoms with Crippen LogP contribution in [-0.2, 0) is 6.42 Å². The molecule has 0 aliphatic carbocycles. The molecule has 0 fully saturated rings. The van der Waals surface area contributed by atoms with Gasteiger partial charge >= 0.3 is 0 Å². The number of ether oxygens (including phenoxy) is 1. The molecule has 0 aliphatic heterocycles. The predicted octanol–water partition coefficient (Wildman–Crippen LogP) is 3.07. The van der Waals surface area contributed by atoms with Crippen molar-refractivity contribution in [3.05, 3.63) is 41.7 Å². The Labute approximate surface area is 113 Å². The van der Waals surface area contributed by atoms with E-state index < -0.39 is 0 Å². The summed E-state index contributed by atoms with van der Waals surface area (Å²) in [6.07, 6.45) is 0.321. The lowest BCUT2D eigenvalue weighted by Crippen LogP contribution is -2.05. The fraction of sp³-hybridized carbons (Fsp3) is 0.333. The summed E-state index contributed by atoms with van der Waals surface area (Å²) in [5.41, 5.74) is 2.77. The van der Waals surface area contributed by atoms with Crippen molar-refractivity contribution in [2.24, 2.45) is 0 Å². The highest BCUT2D eigenvalue weighted by Gasteiger charge is 2.15. The first kappa shape index (κ1) is 13.2. The molecule has 98 valence electrons. The molecule has 19 heavy (non-hydrogen) atoms. The molecule has 0 aliphatic rings. The molecule has 1 aromatic heterocycles. The fourth-order valence-electron chi connectivity index (χ4n) is 2.02. The topological polar surface area (TPSA) is 50.8 Å². The summed E-state index contributed by atoms with van der Waals surface area (Å²) < 4.78 is 7.25. The Morgan fingerprint density at radius 2 is 2.11 bits per heavy atom. The maximum atomic E-state index is 8.81. The lowest BCUT2D eigenvalue weighted by Gasteiger charge is -2.13. The van der Waals surface area contributed by atoms with Gasteiger partial charge in [0.05, 0.1) is 25.3 Å². The van der Waals surface area contributed by atoms with Crippen molar-refractivity contribution in [2.45, 2.75) is 26.2 Å². The molecule has 0 bridgehead atoms. The minimum atomic E-state index is 0.321. The highest BCUT2D eigenvalue weighted by atomic mass is 16.5. The van der Waals surface area contributed by atoms with Crippen molar-refractivity contribution in [1.82, 2.24) is 9.78 Å². The van der Waals surface area contributed by atoms with Gasteiger partial charge in [-0.15, -0.1) is 0 Å². The summed E-state index contributed by atoms with van der Waals surface area (Å²) in [6, 6.07) is 11.9. The molecule has 0 atom stereocenters. The molecule has 0 amide bonds. The molecule has 1 aromatic carbocycles. The average molecular weight is 255 g/mol. The predicted molar refractivity (Wildman–Crippen MR) is 73.5 cm³/mol. The first-order chi connectivity index (χ1) is 9.17. The van der Waals surface area contributed by atoms with Crippen LogP contribution in [0.5, 0.6) is 5.75 Å². The van der Waals surface area contributed by atoms with Crippen LogP contribution < -0.4 is 4.74 Å². The third-order valence-corrected chi connectivity index (χ3v) is 2.95. The molecule has 0 saturated carbocycles. The van der Waals surface area contributed by atoms with Crippen LogP contribution in [0.25, 0.3) is 5.69 Å². The normalized spacial score (nSPS) is 10.5. The van der Waals surface area contributed by atoms with Gasteiger partial charge in [-0.2, -0.15) is 10.4 Å². The zero-order valence-corrected chi connectivity index (χ0v) is 11.4. The van der Waals surface area contributed by atoms with Crippen molar-refractivity contribution in [3.63, 3.8) is 0 Å². The minimum absolute atomic E-state index is 0.321. The number of rotatable bonds is 4. The Morgan fingerprint density at radius 3 is 2.74 bits per heavy atom. The van der Waals surface area contributed by atoms with Crippen molar-refractivity contribution < 1.29 is 4.74 Å². The summed E-state index contributed by atoms with van der Waals surface area (Å²) in [5, 5.41) is 13.3. The molecule has 2 rings (SSSR count). The number of hydrogen-bond donors (Lipinski definition) is 0. The molecule has 0 spiro atoms. The van der Waals surface area contributed by atoms with Gasteiger partial charge in [-0.05, 0) is 24.1 Å². The van der Waals surface area contributed by atoms with E-state index in [1.165, 1.54) is 0 Å². The molecule has 0 radical (unpaired) electrons. The van der Waals surface area contributed by atoms with E-state index in [0.717, 1.165) is 22.8 Å². The number of nitrogens with zero attached hydrogens (tertiary/aromatic N) is 3. The average Bonchev–Trinajstić information content (AvgIpc) is 2.83. The summed E-state index contributed by atoms with van der Waals surface area (Å²) in [6.45, 7) is 4.22. The molecule has 4 nitrogen and oxygen atoms in total. The Morgan fingerprint density at radius 1 is 1.37 bits per heavy atom. The molecular weight excluding hydrogens is 238 g/mol. The lowest BCUT2D eigenvalue weighted by molar-refractivity contribution is 0.411. The Bertz CT molecular complexity index is 608. The van der Waals surface area contributed by atoms with Crippen LogP contribution in [0.3, 0.4) is 0 Å². The molecule has 4 heteroatoms. The fourth-order valence-corrected chi connectivity index (χ4v) is 2.02. The highest BCUT2D eigenvalue weighted by molar-refractivity contribution is 5.47. The maximum absolute atomic E-state index is 8.81. The van der Waals surface area contributed by atoms with E-state index in [9.17, 15) is 0 Å². The third kappa shape index (κ3) is 2.60. The van der Waals surface area contributed by atoms with E-state index in [4.69, 9.17) is 10.00 Å². The van der Waals surface area contributed by atoms with Crippen molar-refractivity contribution >= 4 is 0 Å². The number of para-hydroxylation sites is 2. The first-order valence-electron chi connectivity index (χ1n) is 6.26. The summed E-state index contributed by atoms with van der Waals surface area (Å²) in [5.74, 6) is 1.10. The number of nitriles is 1. The van der Waals surface area contributed by atoms with E-state index in [1.807, 2.05) is 35.0 Å². The van der Waals surface area contributed by atoms with E-state index in [1.54, 1.807) is 7.11 Å². The standard InChI is InChI=1S/C15H17N3O/c1-11(2)14-10-12(8-9-16)17-18(14)13-6-4-5-7-15(13)19-3/h4-7,10-11H,8H2,1-3H3.